The van der Waals surface area contributed by atoms with Gasteiger partial charge in [0.05, 0.1) is 26.0 Å². The van der Waals surface area contributed by atoms with Gasteiger partial charge in [-0.2, -0.15) is 8.97 Å². The van der Waals surface area contributed by atoms with E-state index in [0.29, 0.717) is 44.0 Å². The lowest BCUT2D eigenvalue weighted by Gasteiger charge is -2.20. The molecule has 1 fully saturated rings. The topological polar surface area (TPSA) is 85.6 Å². The fourth-order valence-electron chi connectivity index (χ4n) is 3.24. The van der Waals surface area contributed by atoms with E-state index in [1.807, 2.05) is 24.3 Å². The number of aromatic hydroxyl groups is 1. The van der Waals surface area contributed by atoms with Gasteiger partial charge < -0.3 is 19.4 Å². The lowest BCUT2D eigenvalue weighted by molar-refractivity contribution is -0.678. The third-order valence-corrected chi connectivity index (χ3v) is 4.61. The van der Waals surface area contributed by atoms with Gasteiger partial charge in [0.15, 0.2) is 5.56 Å². The maximum absolute atomic E-state index is 13.0. The molecule has 4 rings (SSSR count). The lowest BCUT2D eigenvalue weighted by atomic mass is 10.1. The van der Waals surface area contributed by atoms with Gasteiger partial charge in [-0.25, -0.2) is 4.79 Å². The molecule has 1 saturated heterocycles. The van der Waals surface area contributed by atoms with E-state index in [2.05, 4.69) is 5.16 Å². The highest BCUT2D eigenvalue weighted by atomic mass is 16.8. The molecule has 1 atom stereocenters. The SMILES string of the molecule is O=c1c(-c2ccccc2)c(O)[n+](CC/C=N/OC2COCCO2)c2ccccn12. The standard InChI is InChI=1S/C21H21N3O5/c25-20-19(16-7-2-1-3-8-16)21(26)24(17-9-4-5-11-23(17)20)12-6-10-22-29-18-15-27-13-14-28-18/h1-5,7-11,18H,6,12-15H2/p+1/b22-10+. The Kier molecular flexibility index (Phi) is 5.83. The summed E-state index contributed by atoms with van der Waals surface area (Å²) in [5.74, 6) is -0.0780. The molecule has 0 radical (unpaired) electrons. The molecule has 1 aromatic carbocycles. The fourth-order valence-corrected chi connectivity index (χ4v) is 3.24. The second-order valence-corrected chi connectivity index (χ2v) is 6.51. The Morgan fingerprint density at radius 3 is 2.83 bits per heavy atom. The zero-order valence-corrected chi connectivity index (χ0v) is 15.8. The molecule has 150 valence electrons. The molecule has 1 aliphatic heterocycles. The third kappa shape index (κ3) is 4.13. The van der Waals surface area contributed by atoms with Crippen molar-refractivity contribution in [2.75, 3.05) is 19.8 Å². The number of aromatic nitrogens is 2. The van der Waals surface area contributed by atoms with E-state index in [9.17, 15) is 9.90 Å². The number of nitrogens with zero attached hydrogens (tertiary/aromatic N) is 3. The molecule has 0 saturated carbocycles. The quantitative estimate of drug-likeness (QED) is 0.390. The van der Waals surface area contributed by atoms with Gasteiger partial charge in [-0.05, 0) is 11.6 Å². The van der Waals surface area contributed by atoms with E-state index in [4.69, 9.17) is 14.3 Å². The summed E-state index contributed by atoms with van der Waals surface area (Å²) >= 11 is 0. The molecule has 1 unspecified atom stereocenters. The second-order valence-electron chi connectivity index (χ2n) is 6.51. The van der Waals surface area contributed by atoms with E-state index in [0.717, 1.165) is 0 Å². The van der Waals surface area contributed by atoms with Crippen LogP contribution < -0.4 is 10.1 Å². The van der Waals surface area contributed by atoms with Gasteiger partial charge in [0.25, 0.3) is 11.5 Å². The van der Waals surface area contributed by atoms with Crippen LogP contribution in [0.25, 0.3) is 16.8 Å². The number of pyridine rings is 1. The van der Waals surface area contributed by atoms with Gasteiger partial charge in [0.1, 0.15) is 6.61 Å². The summed E-state index contributed by atoms with van der Waals surface area (Å²) in [5.41, 5.74) is 1.24. The molecule has 1 N–H and O–H groups in total. The zero-order chi connectivity index (χ0) is 20.1. The highest BCUT2D eigenvalue weighted by molar-refractivity contribution is 5.67. The minimum absolute atomic E-state index is 0.0780. The summed E-state index contributed by atoms with van der Waals surface area (Å²) in [6.45, 7) is 1.80. The molecule has 29 heavy (non-hydrogen) atoms. The minimum Gasteiger partial charge on any atom is -0.477 e. The van der Waals surface area contributed by atoms with Crippen LogP contribution in [0.1, 0.15) is 6.42 Å². The Bertz CT molecular complexity index is 1060. The summed E-state index contributed by atoms with van der Waals surface area (Å²) in [6, 6.07) is 14.5. The van der Waals surface area contributed by atoms with Crippen molar-refractivity contribution in [3.05, 3.63) is 65.1 Å². The summed E-state index contributed by atoms with van der Waals surface area (Å²) < 4.78 is 13.8. The van der Waals surface area contributed by atoms with E-state index in [-0.39, 0.29) is 17.0 Å². The van der Waals surface area contributed by atoms with Crippen LogP contribution in [0.2, 0.25) is 0 Å². The fraction of sp³-hybridized carbons (Fsp3) is 0.286. The van der Waals surface area contributed by atoms with Gasteiger partial charge in [-0.3, -0.25) is 0 Å². The molecule has 0 spiro atoms. The number of rotatable bonds is 6. The van der Waals surface area contributed by atoms with Crippen molar-refractivity contribution in [1.82, 2.24) is 4.40 Å². The van der Waals surface area contributed by atoms with E-state index in [1.54, 1.807) is 41.2 Å². The van der Waals surface area contributed by atoms with Crippen LogP contribution in [-0.2, 0) is 20.9 Å². The van der Waals surface area contributed by atoms with Crippen LogP contribution in [0.5, 0.6) is 5.88 Å². The van der Waals surface area contributed by atoms with E-state index >= 15 is 0 Å². The predicted molar refractivity (Wildman–Crippen MR) is 106 cm³/mol. The van der Waals surface area contributed by atoms with Gasteiger partial charge in [-0.1, -0.05) is 41.6 Å². The predicted octanol–water partition coefficient (Wildman–Crippen LogP) is 1.72. The van der Waals surface area contributed by atoms with Crippen LogP contribution in [0, 0.1) is 0 Å². The largest absolute Gasteiger partial charge is 0.477 e. The molecular formula is C21H22N3O5+. The molecule has 3 heterocycles. The van der Waals surface area contributed by atoms with Gasteiger partial charge in [0, 0.05) is 18.7 Å². The average Bonchev–Trinajstić information content (AvgIpc) is 2.77. The normalized spacial score (nSPS) is 17.0. The summed E-state index contributed by atoms with van der Waals surface area (Å²) in [7, 11) is 0. The molecule has 0 amide bonds. The molecule has 1 aliphatic rings. The monoisotopic (exact) mass is 396 g/mol. The number of hydrogen-bond acceptors (Lipinski definition) is 6. The molecule has 8 nitrogen and oxygen atoms in total. The Morgan fingerprint density at radius 1 is 1.21 bits per heavy atom. The van der Waals surface area contributed by atoms with Crippen molar-refractivity contribution in [3.8, 4) is 17.0 Å². The first-order valence-electron chi connectivity index (χ1n) is 9.44. The van der Waals surface area contributed by atoms with Gasteiger partial charge in [0.2, 0.25) is 6.29 Å². The van der Waals surface area contributed by atoms with E-state index in [1.165, 1.54) is 4.40 Å². The average molecular weight is 396 g/mol. The Hall–Kier alpha value is -3.23. The Morgan fingerprint density at radius 2 is 2.03 bits per heavy atom. The third-order valence-electron chi connectivity index (χ3n) is 4.61. The highest BCUT2D eigenvalue weighted by Gasteiger charge is 2.24. The number of fused-ring (bicyclic) bond motifs is 1. The first-order valence-corrected chi connectivity index (χ1v) is 9.44. The highest BCUT2D eigenvalue weighted by Crippen LogP contribution is 2.22. The molecule has 0 bridgehead atoms. The van der Waals surface area contributed by atoms with Crippen molar-refractivity contribution in [2.45, 2.75) is 19.3 Å². The first-order chi connectivity index (χ1) is 14.3. The molecule has 0 aliphatic carbocycles. The second kappa shape index (κ2) is 8.85. The Labute approximate surface area is 167 Å². The molecule has 8 heteroatoms. The van der Waals surface area contributed by atoms with Crippen LogP contribution in [0.3, 0.4) is 0 Å². The van der Waals surface area contributed by atoms with Crippen LogP contribution in [-0.4, -0.2) is 41.8 Å². The van der Waals surface area contributed by atoms with Crippen molar-refractivity contribution < 1.29 is 24.0 Å². The van der Waals surface area contributed by atoms with Gasteiger partial charge in [-0.15, -0.1) is 0 Å². The summed E-state index contributed by atoms with van der Waals surface area (Å²) in [5, 5.41) is 14.8. The minimum atomic E-state index is -0.498. The summed E-state index contributed by atoms with van der Waals surface area (Å²) in [4.78, 5) is 18.2. The van der Waals surface area contributed by atoms with Crippen LogP contribution >= 0.6 is 0 Å². The van der Waals surface area contributed by atoms with E-state index < -0.39 is 6.29 Å². The number of aryl methyl sites for hydroxylation is 1. The number of ether oxygens (including phenoxy) is 2. The number of benzene rings is 1. The molecular weight excluding hydrogens is 374 g/mol. The van der Waals surface area contributed by atoms with Crippen molar-refractivity contribution in [1.29, 1.82) is 0 Å². The Balaban J connectivity index is 1.60. The number of hydrogen-bond donors (Lipinski definition) is 1. The zero-order valence-electron chi connectivity index (χ0n) is 15.8. The molecule has 2 aromatic heterocycles. The number of oxime groups is 1. The van der Waals surface area contributed by atoms with Crippen LogP contribution in [0.15, 0.2) is 64.7 Å². The first kappa shape index (κ1) is 19.1. The van der Waals surface area contributed by atoms with Crippen molar-refractivity contribution >= 4 is 11.9 Å². The maximum atomic E-state index is 13.0. The lowest BCUT2D eigenvalue weighted by Crippen LogP contribution is -2.41. The smallest absolute Gasteiger partial charge is 0.354 e. The van der Waals surface area contributed by atoms with Crippen LogP contribution in [0.4, 0.5) is 0 Å². The summed E-state index contributed by atoms with van der Waals surface area (Å²) in [6.07, 6.45) is 3.29. The van der Waals surface area contributed by atoms with Crippen molar-refractivity contribution in [3.63, 3.8) is 0 Å². The maximum Gasteiger partial charge on any atom is 0.354 e. The van der Waals surface area contributed by atoms with Gasteiger partial charge >= 0.3 is 5.56 Å². The molecule has 3 aromatic rings. The van der Waals surface area contributed by atoms with Crippen molar-refractivity contribution in [2.24, 2.45) is 5.16 Å².